The highest BCUT2D eigenvalue weighted by molar-refractivity contribution is 8.15. The number of benzene rings is 2. The summed E-state index contributed by atoms with van der Waals surface area (Å²) in [5.74, 6) is 0.0625. The van der Waals surface area contributed by atoms with Crippen LogP contribution >= 0.6 is 23.4 Å². The number of aliphatic imine (C=N–C) groups is 1. The average Bonchev–Trinajstić information content (AvgIpc) is 2.92. The monoisotopic (exact) mass is 431 g/mol. The van der Waals surface area contributed by atoms with Crippen LogP contribution in [0.15, 0.2) is 41.4 Å². The number of ether oxygens (including phenoxy) is 1. The van der Waals surface area contributed by atoms with Crippen LogP contribution < -0.4 is 10.1 Å². The van der Waals surface area contributed by atoms with Crippen LogP contribution in [0.3, 0.4) is 0 Å². The maximum atomic E-state index is 12.6. The van der Waals surface area contributed by atoms with Crippen molar-refractivity contribution in [3.8, 4) is 5.75 Å². The first-order chi connectivity index (χ1) is 13.8. The summed E-state index contributed by atoms with van der Waals surface area (Å²) in [4.78, 5) is 31.3. The molecule has 2 aromatic rings. The predicted octanol–water partition coefficient (Wildman–Crippen LogP) is 4.56. The van der Waals surface area contributed by atoms with Crippen LogP contribution in [-0.2, 0) is 9.59 Å². The molecule has 3 rings (SSSR count). The molecule has 1 N–H and O–H groups in total. The van der Waals surface area contributed by atoms with Gasteiger partial charge in [0.25, 0.3) is 0 Å². The molecule has 0 spiro atoms. The van der Waals surface area contributed by atoms with Gasteiger partial charge in [-0.3, -0.25) is 14.5 Å². The highest BCUT2D eigenvalue weighted by Crippen LogP contribution is 2.33. The Morgan fingerprint density at radius 3 is 2.76 bits per heavy atom. The van der Waals surface area contributed by atoms with Crippen LogP contribution in [0.1, 0.15) is 17.5 Å². The van der Waals surface area contributed by atoms with Crippen molar-refractivity contribution in [2.45, 2.75) is 25.5 Å². The number of anilines is 1. The van der Waals surface area contributed by atoms with E-state index in [1.165, 1.54) is 23.8 Å². The minimum atomic E-state index is -0.533. The molecule has 0 unspecified atom stereocenters. The van der Waals surface area contributed by atoms with E-state index in [1.807, 2.05) is 32.0 Å². The zero-order valence-corrected chi connectivity index (χ0v) is 18.2. The standard InChI is InChI=1S/C21H22ClN3O3S/c1-12-5-6-13(2)15(9-12)24-21-25(3)20(27)18(29-21)11-19(26)23-16-10-14(22)7-8-17(16)28-4/h5-10,18H,11H2,1-4H3,(H,23,26)/t18-/m0/s1. The van der Waals surface area contributed by atoms with E-state index >= 15 is 0 Å². The highest BCUT2D eigenvalue weighted by Gasteiger charge is 2.37. The van der Waals surface area contributed by atoms with Crippen molar-refractivity contribution in [3.05, 3.63) is 52.5 Å². The lowest BCUT2D eigenvalue weighted by molar-refractivity contribution is -0.127. The Labute approximate surface area is 179 Å². The molecular formula is C21H22ClN3O3S. The summed E-state index contributed by atoms with van der Waals surface area (Å²) in [6.07, 6.45) is 0.0231. The summed E-state index contributed by atoms with van der Waals surface area (Å²) in [5.41, 5.74) is 3.41. The number of nitrogens with one attached hydrogen (secondary N) is 1. The first-order valence-electron chi connectivity index (χ1n) is 9.02. The molecule has 0 bridgehead atoms. The van der Waals surface area contributed by atoms with Crippen molar-refractivity contribution < 1.29 is 14.3 Å². The molecule has 1 atom stereocenters. The number of rotatable bonds is 5. The fraction of sp³-hybridized carbons (Fsp3) is 0.286. The number of aryl methyl sites for hydroxylation is 2. The lowest BCUT2D eigenvalue weighted by Crippen LogP contribution is -2.30. The minimum Gasteiger partial charge on any atom is -0.495 e. The van der Waals surface area contributed by atoms with Gasteiger partial charge in [0.05, 0.1) is 18.5 Å². The Morgan fingerprint density at radius 2 is 2.03 bits per heavy atom. The lowest BCUT2D eigenvalue weighted by Gasteiger charge is -2.12. The van der Waals surface area contributed by atoms with Crippen LogP contribution in [0.2, 0.25) is 5.02 Å². The highest BCUT2D eigenvalue weighted by atomic mass is 35.5. The Hall–Kier alpha value is -2.51. The van der Waals surface area contributed by atoms with Gasteiger partial charge in [0.1, 0.15) is 11.0 Å². The van der Waals surface area contributed by atoms with Gasteiger partial charge < -0.3 is 10.1 Å². The number of nitrogens with zero attached hydrogens (tertiary/aromatic N) is 2. The maximum absolute atomic E-state index is 12.6. The summed E-state index contributed by atoms with van der Waals surface area (Å²) >= 11 is 7.30. The molecule has 1 fully saturated rings. The van der Waals surface area contributed by atoms with E-state index in [9.17, 15) is 9.59 Å². The van der Waals surface area contributed by atoms with Gasteiger partial charge in [0, 0.05) is 18.5 Å². The average molecular weight is 432 g/mol. The summed E-state index contributed by atoms with van der Waals surface area (Å²) in [6.45, 7) is 3.97. The fourth-order valence-electron chi connectivity index (χ4n) is 2.89. The van der Waals surface area contributed by atoms with Gasteiger partial charge in [0.15, 0.2) is 5.17 Å². The number of amides is 2. The Morgan fingerprint density at radius 1 is 1.28 bits per heavy atom. The van der Waals surface area contributed by atoms with Crippen LogP contribution in [0.4, 0.5) is 11.4 Å². The van der Waals surface area contributed by atoms with Crippen molar-refractivity contribution in [3.63, 3.8) is 0 Å². The predicted molar refractivity (Wildman–Crippen MR) is 118 cm³/mol. The molecule has 0 aliphatic carbocycles. The Balaban J connectivity index is 1.73. The Bertz CT molecular complexity index is 993. The maximum Gasteiger partial charge on any atom is 0.242 e. The molecule has 152 valence electrons. The first kappa shape index (κ1) is 21.2. The molecule has 1 aliphatic rings. The van der Waals surface area contributed by atoms with E-state index in [-0.39, 0.29) is 18.2 Å². The normalized spacial score (nSPS) is 17.7. The molecule has 0 radical (unpaired) electrons. The van der Waals surface area contributed by atoms with Crippen LogP contribution in [-0.4, -0.2) is 41.3 Å². The summed E-state index contributed by atoms with van der Waals surface area (Å²) in [6, 6.07) is 11.0. The molecule has 8 heteroatoms. The summed E-state index contributed by atoms with van der Waals surface area (Å²) < 4.78 is 5.24. The molecule has 1 heterocycles. The molecule has 0 saturated carbocycles. The number of carbonyl (C=O) groups is 2. The Kier molecular flexibility index (Phi) is 6.49. The van der Waals surface area contributed by atoms with Gasteiger partial charge in [0.2, 0.25) is 11.8 Å². The third-order valence-corrected chi connectivity index (χ3v) is 5.99. The third-order valence-electron chi connectivity index (χ3n) is 4.53. The molecule has 2 aromatic carbocycles. The lowest BCUT2D eigenvalue weighted by atomic mass is 10.1. The zero-order valence-electron chi connectivity index (χ0n) is 16.7. The molecule has 29 heavy (non-hydrogen) atoms. The van der Waals surface area contributed by atoms with Crippen molar-refractivity contribution in [2.24, 2.45) is 4.99 Å². The van der Waals surface area contributed by atoms with Crippen LogP contribution in [0.25, 0.3) is 0 Å². The first-order valence-corrected chi connectivity index (χ1v) is 10.3. The third kappa shape index (κ3) is 4.92. The van der Waals surface area contributed by atoms with Gasteiger partial charge in [-0.1, -0.05) is 35.5 Å². The molecule has 0 aromatic heterocycles. The second-order valence-corrected chi connectivity index (χ2v) is 8.39. The number of methoxy groups -OCH3 is 1. The van der Waals surface area contributed by atoms with E-state index in [4.69, 9.17) is 16.3 Å². The fourth-order valence-corrected chi connectivity index (χ4v) is 4.21. The van der Waals surface area contributed by atoms with Crippen molar-refractivity contribution >= 4 is 51.7 Å². The van der Waals surface area contributed by atoms with E-state index in [0.717, 1.165) is 16.8 Å². The zero-order chi connectivity index (χ0) is 21.1. The van der Waals surface area contributed by atoms with Gasteiger partial charge in [-0.25, -0.2) is 4.99 Å². The van der Waals surface area contributed by atoms with Crippen molar-refractivity contribution in [2.75, 3.05) is 19.5 Å². The quantitative estimate of drug-likeness (QED) is 0.753. The number of amidine groups is 1. The van der Waals surface area contributed by atoms with E-state index in [2.05, 4.69) is 10.3 Å². The smallest absolute Gasteiger partial charge is 0.242 e. The molecule has 2 amide bonds. The second-order valence-electron chi connectivity index (χ2n) is 6.78. The number of halogens is 1. The molecular weight excluding hydrogens is 410 g/mol. The number of carbonyl (C=O) groups excluding carboxylic acids is 2. The summed E-state index contributed by atoms with van der Waals surface area (Å²) in [7, 11) is 3.19. The van der Waals surface area contributed by atoms with E-state index in [0.29, 0.717) is 21.6 Å². The van der Waals surface area contributed by atoms with Gasteiger partial charge in [-0.15, -0.1) is 0 Å². The largest absolute Gasteiger partial charge is 0.495 e. The minimum absolute atomic E-state index is 0.0231. The van der Waals surface area contributed by atoms with Crippen molar-refractivity contribution in [1.29, 1.82) is 0 Å². The van der Waals surface area contributed by atoms with Gasteiger partial charge in [-0.2, -0.15) is 0 Å². The van der Waals surface area contributed by atoms with Gasteiger partial charge in [-0.05, 0) is 49.2 Å². The van der Waals surface area contributed by atoms with Gasteiger partial charge >= 0.3 is 0 Å². The number of hydrogen-bond acceptors (Lipinski definition) is 5. The van der Waals surface area contributed by atoms with E-state index < -0.39 is 5.25 Å². The molecule has 1 aliphatic heterocycles. The van der Waals surface area contributed by atoms with Crippen LogP contribution in [0, 0.1) is 13.8 Å². The van der Waals surface area contributed by atoms with E-state index in [1.54, 1.807) is 25.2 Å². The number of thioether (sulfide) groups is 1. The van der Waals surface area contributed by atoms with Crippen molar-refractivity contribution in [1.82, 2.24) is 4.90 Å². The molecule has 1 saturated heterocycles. The molecule has 6 nitrogen and oxygen atoms in total. The SMILES string of the molecule is COc1ccc(Cl)cc1NC(=O)C[C@@H]1SC(=Nc2cc(C)ccc2C)N(C)C1=O. The van der Waals surface area contributed by atoms with Crippen LogP contribution in [0.5, 0.6) is 5.75 Å². The second kappa shape index (κ2) is 8.88. The number of hydrogen-bond donors (Lipinski definition) is 1. The topological polar surface area (TPSA) is 71.0 Å². The summed E-state index contributed by atoms with van der Waals surface area (Å²) in [5, 5.41) is 3.31.